The molecule has 0 aromatic rings. The van der Waals surface area contributed by atoms with Crippen LogP contribution in [-0.2, 0) is 28.6 Å². The Bertz CT molecular complexity index is 991. The van der Waals surface area contributed by atoms with Gasteiger partial charge in [-0.3, -0.25) is 14.4 Å². The lowest BCUT2D eigenvalue weighted by atomic mass is 10.0. The number of ether oxygens (including phenoxy) is 3. The lowest BCUT2D eigenvalue weighted by molar-refractivity contribution is -0.167. The lowest BCUT2D eigenvalue weighted by Crippen LogP contribution is -2.30. The molecule has 0 unspecified atom stereocenters. The molecule has 0 aliphatic carbocycles. The molecule has 0 N–H and O–H groups in total. The van der Waals surface area contributed by atoms with Crippen molar-refractivity contribution in [2.45, 2.75) is 324 Å². The van der Waals surface area contributed by atoms with E-state index in [0.29, 0.717) is 19.3 Å². The van der Waals surface area contributed by atoms with Gasteiger partial charge in [-0.25, -0.2) is 0 Å². The summed E-state index contributed by atoms with van der Waals surface area (Å²) in [6.07, 6.45) is 51.1. The van der Waals surface area contributed by atoms with Crippen LogP contribution in [0.15, 0.2) is 0 Å². The predicted molar refractivity (Wildman–Crippen MR) is 275 cm³/mol. The third-order valence-electron chi connectivity index (χ3n) is 13.1. The third kappa shape index (κ3) is 51.4. The summed E-state index contributed by atoms with van der Waals surface area (Å²) in [4.78, 5) is 38.1. The van der Waals surface area contributed by atoms with Crippen molar-refractivity contribution in [2.24, 2.45) is 17.8 Å². The minimum Gasteiger partial charge on any atom is -0.462 e. The quantitative estimate of drug-likeness (QED) is 0.0344. The normalized spacial score (nSPS) is 12.1. The van der Waals surface area contributed by atoms with Crippen molar-refractivity contribution in [3.8, 4) is 0 Å². The summed E-state index contributed by atoms with van der Waals surface area (Å²) in [5, 5.41) is 0. The van der Waals surface area contributed by atoms with E-state index >= 15 is 0 Å². The molecule has 6 heteroatoms. The van der Waals surface area contributed by atoms with E-state index in [1.807, 2.05) is 0 Å². The van der Waals surface area contributed by atoms with Crippen LogP contribution in [-0.4, -0.2) is 37.2 Å². The SMILES string of the molecule is CC(C)CCCCCCCCCCCCCCCCCCCCC(=O)OC[C@H](COC(=O)CCCCCCCCCCCCCC(C)C)OC(=O)CCCCCCCCCCC(C)C. The molecule has 0 aliphatic heterocycles. The zero-order chi connectivity index (χ0) is 47.0. The maximum atomic E-state index is 12.8. The molecule has 0 saturated heterocycles. The van der Waals surface area contributed by atoms with Crippen LogP contribution in [0.4, 0.5) is 0 Å². The van der Waals surface area contributed by atoms with Gasteiger partial charge in [0, 0.05) is 19.3 Å². The third-order valence-corrected chi connectivity index (χ3v) is 13.1. The van der Waals surface area contributed by atoms with Crippen molar-refractivity contribution in [1.29, 1.82) is 0 Å². The summed E-state index contributed by atoms with van der Waals surface area (Å²) in [7, 11) is 0. The molecule has 0 fully saturated rings. The van der Waals surface area contributed by atoms with Crippen LogP contribution in [0.1, 0.15) is 318 Å². The van der Waals surface area contributed by atoms with Gasteiger partial charge in [-0.1, -0.05) is 279 Å². The highest BCUT2D eigenvalue weighted by Gasteiger charge is 2.19. The largest absolute Gasteiger partial charge is 0.462 e. The number of unbranched alkanes of at least 4 members (excludes halogenated alkanes) is 34. The lowest BCUT2D eigenvalue weighted by Gasteiger charge is -2.18. The van der Waals surface area contributed by atoms with E-state index in [0.717, 1.165) is 75.5 Å². The Labute approximate surface area is 399 Å². The van der Waals surface area contributed by atoms with E-state index in [2.05, 4.69) is 41.5 Å². The molecule has 0 rings (SSSR count). The average Bonchev–Trinajstić information content (AvgIpc) is 3.25. The Morgan fingerprint density at radius 2 is 0.453 bits per heavy atom. The molecule has 0 spiro atoms. The molecular weight excluding hydrogens is 793 g/mol. The fourth-order valence-corrected chi connectivity index (χ4v) is 8.82. The van der Waals surface area contributed by atoms with Crippen molar-refractivity contribution in [1.82, 2.24) is 0 Å². The molecule has 1 atom stereocenters. The molecule has 6 nitrogen and oxygen atoms in total. The van der Waals surface area contributed by atoms with E-state index < -0.39 is 6.10 Å². The first-order valence-corrected chi connectivity index (χ1v) is 28.6. The zero-order valence-corrected chi connectivity index (χ0v) is 44.1. The molecule has 0 saturated carbocycles. The van der Waals surface area contributed by atoms with Gasteiger partial charge in [-0.15, -0.1) is 0 Å². The summed E-state index contributed by atoms with van der Waals surface area (Å²) < 4.78 is 16.9. The van der Waals surface area contributed by atoms with Crippen LogP contribution in [0.25, 0.3) is 0 Å². The highest BCUT2D eigenvalue weighted by Crippen LogP contribution is 2.18. The number of hydrogen-bond acceptors (Lipinski definition) is 6. The van der Waals surface area contributed by atoms with Gasteiger partial charge in [0.05, 0.1) is 0 Å². The van der Waals surface area contributed by atoms with Crippen LogP contribution in [0.2, 0.25) is 0 Å². The summed E-state index contributed by atoms with van der Waals surface area (Å²) in [5.41, 5.74) is 0. The van der Waals surface area contributed by atoms with Gasteiger partial charge in [0.15, 0.2) is 6.10 Å². The standard InChI is InChI=1S/C58H112O6/c1-52(2)44-38-32-26-20-16-13-11-9-7-8-10-12-14-18-22-29-35-41-47-56(59)62-50-55(64-58(61)49-43-37-31-25-24-28-34-40-46-54(5)6)51-63-57(60)48-42-36-30-23-19-15-17-21-27-33-39-45-53(3)4/h52-55H,7-51H2,1-6H3/t55-/m1/s1. The molecular formula is C58H112O6. The molecule has 64 heavy (non-hydrogen) atoms. The smallest absolute Gasteiger partial charge is 0.306 e. The summed E-state index contributed by atoms with van der Waals surface area (Å²) in [6.45, 7) is 13.7. The first-order valence-electron chi connectivity index (χ1n) is 28.6. The Balaban J connectivity index is 4.21. The summed E-state index contributed by atoms with van der Waals surface area (Å²) in [6, 6.07) is 0. The number of rotatable bonds is 51. The maximum absolute atomic E-state index is 12.8. The second kappa shape index (κ2) is 49.3. The minimum atomic E-state index is -0.763. The monoisotopic (exact) mass is 905 g/mol. The van der Waals surface area contributed by atoms with Crippen molar-refractivity contribution in [3.63, 3.8) is 0 Å². The molecule has 0 aliphatic rings. The summed E-state index contributed by atoms with van der Waals surface area (Å²) in [5.74, 6) is 1.63. The van der Waals surface area contributed by atoms with E-state index in [-0.39, 0.29) is 31.1 Å². The van der Waals surface area contributed by atoms with Crippen LogP contribution < -0.4 is 0 Å². The summed E-state index contributed by atoms with van der Waals surface area (Å²) >= 11 is 0. The first-order chi connectivity index (χ1) is 31.1. The molecule has 0 aromatic heterocycles. The van der Waals surface area contributed by atoms with Crippen LogP contribution >= 0.6 is 0 Å². The number of carbonyl (C=O) groups is 3. The zero-order valence-electron chi connectivity index (χ0n) is 44.1. The molecule has 0 radical (unpaired) electrons. The van der Waals surface area contributed by atoms with Gasteiger partial charge >= 0.3 is 17.9 Å². The van der Waals surface area contributed by atoms with Gasteiger partial charge < -0.3 is 14.2 Å². The first kappa shape index (κ1) is 62.4. The molecule has 0 heterocycles. The fourth-order valence-electron chi connectivity index (χ4n) is 8.82. The van der Waals surface area contributed by atoms with E-state index in [1.54, 1.807) is 0 Å². The Morgan fingerprint density at radius 3 is 0.672 bits per heavy atom. The second-order valence-electron chi connectivity index (χ2n) is 21.4. The van der Waals surface area contributed by atoms with Crippen molar-refractivity contribution >= 4 is 17.9 Å². The van der Waals surface area contributed by atoms with Crippen LogP contribution in [0, 0.1) is 17.8 Å². The van der Waals surface area contributed by atoms with Gasteiger partial charge in [0.25, 0.3) is 0 Å². The van der Waals surface area contributed by atoms with Crippen molar-refractivity contribution in [3.05, 3.63) is 0 Å². The van der Waals surface area contributed by atoms with Crippen LogP contribution in [0.5, 0.6) is 0 Å². The molecule has 0 amide bonds. The highest BCUT2D eigenvalue weighted by molar-refractivity contribution is 5.71. The number of esters is 3. The van der Waals surface area contributed by atoms with Gasteiger partial charge in [-0.2, -0.15) is 0 Å². The van der Waals surface area contributed by atoms with Crippen molar-refractivity contribution in [2.75, 3.05) is 13.2 Å². The van der Waals surface area contributed by atoms with E-state index in [4.69, 9.17) is 14.2 Å². The van der Waals surface area contributed by atoms with Crippen molar-refractivity contribution < 1.29 is 28.6 Å². The van der Waals surface area contributed by atoms with Crippen LogP contribution in [0.3, 0.4) is 0 Å². The molecule has 0 bridgehead atoms. The number of hydrogen-bond donors (Lipinski definition) is 0. The second-order valence-corrected chi connectivity index (χ2v) is 21.4. The number of carbonyl (C=O) groups excluding carboxylic acids is 3. The average molecular weight is 906 g/mol. The maximum Gasteiger partial charge on any atom is 0.306 e. The van der Waals surface area contributed by atoms with Gasteiger partial charge in [0.2, 0.25) is 0 Å². The highest BCUT2D eigenvalue weighted by atomic mass is 16.6. The Morgan fingerprint density at radius 1 is 0.266 bits per heavy atom. The van der Waals surface area contributed by atoms with Gasteiger partial charge in [0.1, 0.15) is 13.2 Å². The topological polar surface area (TPSA) is 78.9 Å². The molecule has 0 aromatic carbocycles. The van der Waals surface area contributed by atoms with Gasteiger partial charge in [-0.05, 0) is 37.0 Å². The fraction of sp³-hybridized carbons (Fsp3) is 0.948. The van der Waals surface area contributed by atoms with E-state index in [1.165, 1.54) is 199 Å². The predicted octanol–water partition coefficient (Wildman–Crippen LogP) is 18.7. The Kier molecular flexibility index (Phi) is 48.1. The minimum absolute atomic E-state index is 0.0642. The molecule has 380 valence electrons. The van der Waals surface area contributed by atoms with E-state index in [9.17, 15) is 14.4 Å². The Hall–Kier alpha value is -1.59.